The molecule has 0 spiro atoms. The van der Waals surface area contributed by atoms with Gasteiger partial charge in [-0.1, -0.05) is 5.21 Å². The lowest BCUT2D eigenvalue weighted by Crippen LogP contribution is -2.33. The molecule has 0 fully saturated rings. The van der Waals surface area contributed by atoms with Crippen LogP contribution in [0.15, 0.2) is 6.20 Å². The van der Waals surface area contributed by atoms with Crippen molar-refractivity contribution in [3.05, 3.63) is 11.9 Å². The van der Waals surface area contributed by atoms with Gasteiger partial charge in [0.25, 0.3) is 5.91 Å². The van der Waals surface area contributed by atoms with E-state index in [1.54, 1.807) is 0 Å². The Morgan fingerprint density at radius 2 is 2.00 bits per heavy atom. The Bertz CT molecular complexity index is 478. The van der Waals surface area contributed by atoms with E-state index in [2.05, 4.69) is 10.3 Å². The predicted molar refractivity (Wildman–Crippen MR) is 65.4 cm³/mol. The van der Waals surface area contributed by atoms with E-state index in [0.29, 0.717) is 13.1 Å². The summed E-state index contributed by atoms with van der Waals surface area (Å²) in [7, 11) is 0. The van der Waals surface area contributed by atoms with Gasteiger partial charge in [0.2, 0.25) is 0 Å². The van der Waals surface area contributed by atoms with E-state index in [9.17, 15) is 4.79 Å². The largest absolute Gasteiger partial charge is 0.335 e. The van der Waals surface area contributed by atoms with Crippen LogP contribution in [-0.4, -0.2) is 45.4 Å². The van der Waals surface area contributed by atoms with Crippen molar-refractivity contribution in [2.75, 3.05) is 19.6 Å². The summed E-state index contributed by atoms with van der Waals surface area (Å²) >= 11 is 0. The lowest BCUT2D eigenvalue weighted by atomic mass is 10.3. The first kappa shape index (κ1) is 14.6. The highest BCUT2D eigenvalue weighted by Crippen LogP contribution is 2.03. The minimum Gasteiger partial charge on any atom is -0.335 e. The van der Waals surface area contributed by atoms with Crippen LogP contribution in [0.5, 0.6) is 0 Å². The van der Waals surface area contributed by atoms with Crippen molar-refractivity contribution in [2.24, 2.45) is 5.73 Å². The van der Waals surface area contributed by atoms with Gasteiger partial charge in [0, 0.05) is 19.6 Å². The van der Waals surface area contributed by atoms with Gasteiger partial charge in [0.1, 0.15) is 0 Å². The number of hydrogen-bond acceptors (Lipinski definition) is 6. The van der Waals surface area contributed by atoms with E-state index >= 15 is 0 Å². The Kier molecular flexibility index (Phi) is 5.99. The van der Waals surface area contributed by atoms with E-state index in [1.807, 2.05) is 12.1 Å². The molecule has 0 aliphatic rings. The standard InChI is InChI=1S/C11H15N7O/c12-3-1-6-17(7-2-4-13)11(19)10-9-18(8-5-14)16-15-10/h9H,1-2,5-8,14H2. The Morgan fingerprint density at radius 3 is 2.53 bits per heavy atom. The van der Waals surface area contributed by atoms with Crippen LogP contribution in [-0.2, 0) is 6.54 Å². The Balaban J connectivity index is 2.73. The third-order valence-corrected chi connectivity index (χ3v) is 2.39. The van der Waals surface area contributed by atoms with Gasteiger partial charge in [-0.15, -0.1) is 5.10 Å². The fraction of sp³-hybridized carbons (Fsp3) is 0.545. The summed E-state index contributed by atoms with van der Waals surface area (Å²) in [5.74, 6) is -0.325. The molecule has 0 saturated carbocycles. The first-order valence-corrected chi connectivity index (χ1v) is 5.86. The highest BCUT2D eigenvalue weighted by atomic mass is 16.2. The average molecular weight is 261 g/mol. The molecule has 0 aliphatic heterocycles. The van der Waals surface area contributed by atoms with E-state index < -0.39 is 0 Å². The molecule has 1 amide bonds. The predicted octanol–water partition coefficient (Wildman–Crippen LogP) is -0.494. The Labute approximate surface area is 111 Å². The second-order valence-electron chi connectivity index (χ2n) is 3.76. The maximum atomic E-state index is 12.1. The number of aromatic nitrogens is 3. The fourth-order valence-electron chi connectivity index (χ4n) is 1.48. The van der Waals surface area contributed by atoms with Gasteiger partial charge in [-0.05, 0) is 0 Å². The van der Waals surface area contributed by atoms with Crippen molar-refractivity contribution in [1.82, 2.24) is 19.9 Å². The monoisotopic (exact) mass is 261 g/mol. The van der Waals surface area contributed by atoms with Crippen LogP contribution in [0.2, 0.25) is 0 Å². The number of nitrogens with two attached hydrogens (primary N) is 1. The van der Waals surface area contributed by atoms with Crippen LogP contribution >= 0.6 is 0 Å². The lowest BCUT2D eigenvalue weighted by molar-refractivity contribution is 0.0756. The molecule has 8 nitrogen and oxygen atoms in total. The number of carbonyl (C=O) groups is 1. The van der Waals surface area contributed by atoms with Gasteiger partial charge in [-0.25, -0.2) is 0 Å². The van der Waals surface area contributed by atoms with Gasteiger partial charge in [0.05, 0.1) is 37.7 Å². The molecule has 0 aromatic carbocycles. The summed E-state index contributed by atoms with van der Waals surface area (Å²) in [6, 6.07) is 3.94. The average Bonchev–Trinajstić information content (AvgIpc) is 2.87. The summed E-state index contributed by atoms with van der Waals surface area (Å²) in [6.45, 7) is 1.45. The Morgan fingerprint density at radius 1 is 1.37 bits per heavy atom. The summed E-state index contributed by atoms with van der Waals surface area (Å²) in [6.07, 6.45) is 1.95. The molecule has 0 atom stereocenters. The molecule has 0 bridgehead atoms. The van der Waals surface area contributed by atoms with Crippen LogP contribution in [0.1, 0.15) is 23.3 Å². The van der Waals surface area contributed by atoms with E-state index in [4.69, 9.17) is 16.3 Å². The smallest absolute Gasteiger partial charge is 0.276 e. The summed E-state index contributed by atoms with van der Waals surface area (Å²) in [5, 5.41) is 24.7. The highest BCUT2D eigenvalue weighted by Gasteiger charge is 2.18. The molecule has 8 heteroatoms. The van der Waals surface area contributed by atoms with Gasteiger partial charge in [0.15, 0.2) is 5.69 Å². The molecule has 1 heterocycles. The zero-order valence-corrected chi connectivity index (χ0v) is 10.5. The molecule has 0 radical (unpaired) electrons. The van der Waals surface area contributed by atoms with Crippen molar-refractivity contribution >= 4 is 5.91 Å². The zero-order valence-electron chi connectivity index (χ0n) is 10.5. The van der Waals surface area contributed by atoms with E-state index in [0.717, 1.165) is 0 Å². The van der Waals surface area contributed by atoms with Crippen molar-refractivity contribution in [2.45, 2.75) is 19.4 Å². The van der Waals surface area contributed by atoms with Gasteiger partial charge in [-0.2, -0.15) is 10.5 Å². The third kappa shape index (κ3) is 4.37. The quantitative estimate of drug-likeness (QED) is 0.705. The molecule has 1 aromatic heterocycles. The number of carbonyl (C=O) groups excluding carboxylic acids is 1. The van der Waals surface area contributed by atoms with Crippen LogP contribution in [0.4, 0.5) is 0 Å². The maximum absolute atomic E-state index is 12.1. The van der Waals surface area contributed by atoms with Gasteiger partial charge >= 0.3 is 0 Å². The second kappa shape index (κ2) is 7.80. The van der Waals surface area contributed by atoms with Crippen molar-refractivity contribution < 1.29 is 4.79 Å². The number of amides is 1. The second-order valence-corrected chi connectivity index (χ2v) is 3.76. The number of rotatable bonds is 7. The number of hydrogen-bond donors (Lipinski definition) is 1. The molecule has 100 valence electrons. The number of nitriles is 2. The minimum absolute atomic E-state index is 0.198. The SMILES string of the molecule is N#CCCN(CCC#N)C(=O)c1cn(CCN)nn1. The third-order valence-electron chi connectivity index (χ3n) is 2.39. The molecule has 0 saturated heterocycles. The van der Waals surface area contributed by atoms with Crippen molar-refractivity contribution in [1.29, 1.82) is 10.5 Å². The lowest BCUT2D eigenvalue weighted by Gasteiger charge is -2.18. The molecule has 1 rings (SSSR count). The first-order chi connectivity index (χ1) is 9.22. The van der Waals surface area contributed by atoms with Gasteiger partial charge in [-0.3, -0.25) is 9.48 Å². The minimum atomic E-state index is -0.325. The van der Waals surface area contributed by atoms with Crippen LogP contribution < -0.4 is 5.73 Å². The number of nitrogens with zero attached hydrogens (tertiary/aromatic N) is 6. The molecular weight excluding hydrogens is 246 g/mol. The van der Waals surface area contributed by atoms with E-state index in [-0.39, 0.29) is 37.5 Å². The van der Waals surface area contributed by atoms with Crippen LogP contribution in [0.25, 0.3) is 0 Å². The zero-order chi connectivity index (χ0) is 14.1. The molecular formula is C11H15N7O. The van der Waals surface area contributed by atoms with Crippen molar-refractivity contribution in [3.63, 3.8) is 0 Å². The summed E-state index contributed by atoms with van der Waals surface area (Å²) in [5.41, 5.74) is 5.58. The van der Waals surface area contributed by atoms with Crippen LogP contribution in [0, 0.1) is 22.7 Å². The first-order valence-electron chi connectivity index (χ1n) is 5.86. The fourth-order valence-corrected chi connectivity index (χ4v) is 1.48. The highest BCUT2D eigenvalue weighted by molar-refractivity contribution is 5.91. The maximum Gasteiger partial charge on any atom is 0.276 e. The topological polar surface area (TPSA) is 125 Å². The molecule has 0 aliphatic carbocycles. The van der Waals surface area contributed by atoms with Crippen LogP contribution in [0.3, 0.4) is 0 Å². The summed E-state index contributed by atoms with van der Waals surface area (Å²) < 4.78 is 1.49. The molecule has 0 unspecified atom stereocenters. The van der Waals surface area contributed by atoms with E-state index in [1.165, 1.54) is 15.8 Å². The normalized spacial score (nSPS) is 9.63. The molecule has 19 heavy (non-hydrogen) atoms. The van der Waals surface area contributed by atoms with Crippen molar-refractivity contribution in [3.8, 4) is 12.1 Å². The Hall–Kier alpha value is -2.45. The summed E-state index contributed by atoms with van der Waals surface area (Å²) in [4.78, 5) is 13.6. The molecule has 2 N–H and O–H groups in total. The molecule has 1 aromatic rings. The van der Waals surface area contributed by atoms with Gasteiger partial charge < -0.3 is 10.6 Å².